The van der Waals surface area contributed by atoms with E-state index in [-0.39, 0.29) is 5.88 Å². The zero-order valence-electron chi connectivity index (χ0n) is 11.3. The monoisotopic (exact) mass is 328 g/mol. The molecule has 0 amide bonds. The van der Waals surface area contributed by atoms with Crippen molar-refractivity contribution in [1.29, 1.82) is 0 Å². The average molecular weight is 329 g/mol. The third kappa shape index (κ3) is 3.40. The quantitative estimate of drug-likeness (QED) is 0.858. The molecule has 7 heteroatoms. The van der Waals surface area contributed by atoms with Crippen molar-refractivity contribution in [1.82, 2.24) is 9.71 Å². The van der Waals surface area contributed by atoms with Gasteiger partial charge in [0, 0.05) is 12.1 Å². The molecule has 112 valence electrons. The lowest BCUT2D eigenvalue weighted by molar-refractivity contribution is 0.469. The van der Waals surface area contributed by atoms with Crippen LogP contribution in [0.3, 0.4) is 0 Å². The van der Waals surface area contributed by atoms with Crippen molar-refractivity contribution in [3.05, 3.63) is 60.0 Å². The summed E-state index contributed by atoms with van der Waals surface area (Å²) in [6.07, 6.45) is 1.22. The lowest BCUT2D eigenvalue weighted by atomic mass is 9.96. The van der Waals surface area contributed by atoms with Crippen molar-refractivity contribution >= 4 is 21.6 Å². The van der Waals surface area contributed by atoms with Crippen LogP contribution in [-0.4, -0.2) is 19.3 Å². The highest BCUT2D eigenvalue weighted by molar-refractivity contribution is 7.89. The van der Waals surface area contributed by atoms with Crippen molar-refractivity contribution in [3.63, 3.8) is 0 Å². The first kappa shape index (κ1) is 15.9. The predicted octanol–water partition coefficient (Wildman–Crippen LogP) is 2.65. The molecule has 1 atom stereocenters. The molecule has 2 aromatic rings. The van der Waals surface area contributed by atoms with Crippen LogP contribution in [0.15, 0.2) is 53.7 Å². The van der Waals surface area contributed by atoms with Gasteiger partial charge in [-0.3, -0.25) is 0 Å². The lowest BCUT2D eigenvalue weighted by Gasteiger charge is -2.28. The van der Waals surface area contributed by atoms with E-state index in [1.165, 1.54) is 12.3 Å². The van der Waals surface area contributed by atoms with Gasteiger partial charge in [0.25, 0.3) is 10.0 Å². The van der Waals surface area contributed by atoms with Gasteiger partial charge in [-0.1, -0.05) is 30.3 Å². The van der Waals surface area contributed by atoms with E-state index in [1.54, 1.807) is 31.2 Å². The van der Waals surface area contributed by atoms with Crippen molar-refractivity contribution in [2.75, 3.05) is 5.88 Å². The Morgan fingerprint density at radius 3 is 2.48 bits per heavy atom. The maximum Gasteiger partial charge on any atom is 0.261 e. The van der Waals surface area contributed by atoms with Crippen LogP contribution < -0.4 is 4.72 Å². The summed E-state index contributed by atoms with van der Waals surface area (Å²) >= 11 is 5.94. The third-order valence-corrected chi connectivity index (χ3v) is 5.08. The molecule has 21 heavy (non-hydrogen) atoms. The van der Waals surface area contributed by atoms with Gasteiger partial charge in [-0.15, -0.1) is 11.6 Å². The minimum Gasteiger partial charge on any atom is -0.241 e. The maximum atomic E-state index is 13.7. The summed E-state index contributed by atoms with van der Waals surface area (Å²) in [6, 6.07) is 11.2. The van der Waals surface area contributed by atoms with Gasteiger partial charge in [-0.25, -0.2) is 17.8 Å². The number of benzene rings is 1. The van der Waals surface area contributed by atoms with Gasteiger partial charge < -0.3 is 0 Å². The summed E-state index contributed by atoms with van der Waals surface area (Å²) in [7, 11) is -4.13. The molecule has 4 nitrogen and oxygen atoms in total. The Hall–Kier alpha value is -1.50. The Labute approximate surface area is 128 Å². The van der Waals surface area contributed by atoms with Crippen LogP contribution in [0.5, 0.6) is 0 Å². The molecule has 1 aromatic carbocycles. The molecule has 0 bridgehead atoms. The normalized spacial score (nSPS) is 14.6. The largest absolute Gasteiger partial charge is 0.261 e. The van der Waals surface area contributed by atoms with Crippen LogP contribution >= 0.6 is 11.6 Å². The number of nitrogens with zero attached hydrogens (tertiary/aromatic N) is 1. The molecule has 0 saturated carbocycles. The molecule has 1 N–H and O–H groups in total. The van der Waals surface area contributed by atoms with Gasteiger partial charge in [-0.2, -0.15) is 4.72 Å². The Morgan fingerprint density at radius 1 is 1.24 bits per heavy atom. The molecule has 1 aromatic heterocycles. The number of aromatic nitrogens is 1. The number of alkyl halides is 1. The van der Waals surface area contributed by atoms with Gasteiger partial charge in [0.2, 0.25) is 5.03 Å². The topological polar surface area (TPSA) is 59.1 Å². The van der Waals surface area contributed by atoms with Gasteiger partial charge in [-0.05, 0) is 24.6 Å². The van der Waals surface area contributed by atoms with Crippen LogP contribution in [0.2, 0.25) is 0 Å². The molecular formula is C14H14ClFN2O2S. The molecular weight excluding hydrogens is 315 g/mol. The summed E-state index contributed by atoms with van der Waals surface area (Å²) in [5.74, 6) is -0.917. The number of hydrogen-bond acceptors (Lipinski definition) is 3. The van der Waals surface area contributed by atoms with E-state index in [2.05, 4.69) is 9.71 Å². The van der Waals surface area contributed by atoms with E-state index in [0.717, 1.165) is 6.07 Å². The molecule has 0 spiro atoms. The summed E-state index contributed by atoms with van der Waals surface area (Å²) in [5.41, 5.74) is -0.383. The molecule has 0 saturated heterocycles. The summed E-state index contributed by atoms with van der Waals surface area (Å²) in [6.45, 7) is 1.63. The zero-order chi connectivity index (χ0) is 15.5. The number of hydrogen-bond donors (Lipinski definition) is 1. The van der Waals surface area contributed by atoms with Crippen LogP contribution in [-0.2, 0) is 15.6 Å². The van der Waals surface area contributed by atoms with Gasteiger partial charge in [0.1, 0.15) is 0 Å². The molecule has 1 unspecified atom stereocenters. The second kappa shape index (κ2) is 6.09. The number of pyridine rings is 1. The molecule has 1 heterocycles. The van der Waals surface area contributed by atoms with Crippen LogP contribution in [0.25, 0.3) is 0 Å². The van der Waals surface area contributed by atoms with Gasteiger partial charge >= 0.3 is 0 Å². The Bertz CT molecular complexity index is 725. The summed E-state index contributed by atoms with van der Waals surface area (Å²) in [5, 5.41) is -0.641. The first-order chi connectivity index (χ1) is 9.89. The fraction of sp³-hybridized carbons (Fsp3) is 0.214. The van der Waals surface area contributed by atoms with Crippen LogP contribution in [0, 0.1) is 5.82 Å². The van der Waals surface area contributed by atoms with Gasteiger partial charge in [0.05, 0.1) is 5.54 Å². The minimum absolute atomic E-state index is 0.00923. The Kier molecular flexibility index (Phi) is 4.61. The van der Waals surface area contributed by atoms with E-state index in [4.69, 9.17) is 11.6 Å². The first-order valence-electron chi connectivity index (χ1n) is 6.15. The Balaban J connectivity index is 2.41. The molecule has 2 rings (SSSR count). The molecule has 0 aliphatic rings. The maximum absolute atomic E-state index is 13.7. The Morgan fingerprint density at radius 2 is 1.90 bits per heavy atom. The molecule has 0 aliphatic heterocycles. The summed E-state index contributed by atoms with van der Waals surface area (Å²) < 4.78 is 40.7. The highest BCUT2D eigenvalue weighted by Gasteiger charge is 2.33. The van der Waals surface area contributed by atoms with E-state index < -0.39 is 26.4 Å². The van der Waals surface area contributed by atoms with Crippen molar-refractivity contribution < 1.29 is 12.8 Å². The number of sulfonamides is 1. The van der Waals surface area contributed by atoms with E-state index in [0.29, 0.717) is 5.56 Å². The fourth-order valence-corrected chi connectivity index (χ4v) is 3.59. The molecule has 0 radical (unpaired) electrons. The lowest BCUT2D eigenvalue weighted by Crippen LogP contribution is -2.45. The standard InChI is InChI=1S/C14H14ClFN2O2S/c1-14(10-15,11-6-3-2-4-7-11)18-21(19,20)13-12(16)8-5-9-17-13/h2-9,18H,10H2,1H3. The van der Waals surface area contributed by atoms with E-state index in [9.17, 15) is 12.8 Å². The first-order valence-corrected chi connectivity index (χ1v) is 8.17. The fourth-order valence-electron chi connectivity index (χ4n) is 1.88. The number of rotatable bonds is 5. The highest BCUT2D eigenvalue weighted by atomic mass is 35.5. The summed E-state index contributed by atoms with van der Waals surface area (Å²) in [4.78, 5) is 3.59. The molecule has 0 aliphatic carbocycles. The van der Waals surface area contributed by atoms with E-state index >= 15 is 0 Å². The minimum atomic E-state index is -4.13. The second-order valence-corrected chi connectivity index (χ2v) is 6.59. The second-order valence-electron chi connectivity index (χ2n) is 4.73. The van der Waals surface area contributed by atoms with Crippen molar-refractivity contribution in [2.45, 2.75) is 17.5 Å². The SMILES string of the molecule is CC(CCl)(NS(=O)(=O)c1ncccc1F)c1ccccc1. The zero-order valence-corrected chi connectivity index (χ0v) is 12.8. The van der Waals surface area contributed by atoms with E-state index in [1.807, 2.05) is 6.07 Å². The average Bonchev–Trinajstić information content (AvgIpc) is 2.48. The highest BCUT2D eigenvalue weighted by Crippen LogP contribution is 2.25. The van der Waals surface area contributed by atoms with Crippen LogP contribution in [0.4, 0.5) is 4.39 Å². The number of nitrogens with one attached hydrogen (secondary N) is 1. The third-order valence-electron chi connectivity index (χ3n) is 3.02. The van der Waals surface area contributed by atoms with Crippen molar-refractivity contribution in [3.8, 4) is 0 Å². The number of halogens is 2. The van der Waals surface area contributed by atoms with Gasteiger partial charge in [0.15, 0.2) is 5.82 Å². The van der Waals surface area contributed by atoms with Crippen LogP contribution in [0.1, 0.15) is 12.5 Å². The predicted molar refractivity (Wildman–Crippen MR) is 79.0 cm³/mol. The smallest absolute Gasteiger partial charge is 0.241 e. The molecule has 0 fully saturated rings. The van der Waals surface area contributed by atoms with Crippen molar-refractivity contribution in [2.24, 2.45) is 0 Å².